The molecule has 0 N–H and O–H groups in total. The summed E-state index contributed by atoms with van der Waals surface area (Å²) in [5.41, 5.74) is 0.626. The van der Waals surface area contributed by atoms with Crippen LogP contribution in [-0.4, -0.2) is 3.42 Å². The van der Waals surface area contributed by atoms with E-state index in [9.17, 15) is 0 Å². The van der Waals surface area contributed by atoms with Crippen molar-refractivity contribution in [2.24, 2.45) is 5.41 Å². The second-order valence-electron chi connectivity index (χ2n) is 3.25. The van der Waals surface area contributed by atoms with Crippen molar-refractivity contribution >= 4 is 22.6 Å². The Bertz CT molecular complexity index is 129. The van der Waals surface area contributed by atoms with Crippen LogP contribution < -0.4 is 0 Å². The predicted molar refractivity (Wildman–Crippen MR) is 43.2 cm³/mol. The van der Waals surface area contributed by atoms with Crippen molar-refractivity contribution < 1.29 is 0 Å². The first kappa shape index (κ1) is 5.27. The van der Waals surface area contributed by atoms with E-state index in [0.717, 1.165) is 3.42 Å². The zero-order valence-corrected chi connectivity index (χ0v) is 6.94. The molecule has 3 saturated carbocycles. The molecule has 0 saturated heterocycles. The van der Waals surface area contributed by atoms with E-state index in [2.05, 4.69) is 35.2 Å². The molecule has 8 heavy (non-hydrogen) atoms. The smallest absolute Gasteiger partial charge is 0.0247 e. The number of alkyl halides is 1. The highest BCUT2D eigenvalue weighted by Crippen LogP contribution is 2.72. The molecule has 0 unspecified atom stereocenters. The van der Waals surface area contributed by atoms with Gasteiger partial charge < -0.3 is 0 Å². The Hall–Kier alpha value is 0.470. The predicted octanol–water partition coefficient (Wildman–Crippen LogP) is 2.53. The van der Waals surface area contributed by atoms with Crippen LogP contribution in [0.3, 0.4) is 0 Å². The Balaban J connectivity index is 2.13. The molecule has 0 aliphatic heterocycles. The van der Waals surface area contributed by atoms with Crippen molar-refractivity contribution in [3.8, 4) is 0 Å². The van der Waals surface area contributed by atoms with Gasteiger partial charge >= 0.3 is 0 Å². The van der Waals surface area contributed by atoms with Crippen LogP contribution in [0.4, 0.5) is 0 Å². The molecule has 0 amide bonds. The first-order chi connectivity index (χ1) is 3.68. The minimum absolute atomic E-state index is 0.626. The zero-order chi connectivity index (χ0) is 5.83. The van der Waals surface area contributed by atoms with E-state index in [1.807, 2.05) is 0 Å². The third-order valence-corrected chi connectivity index (χ3v) is 3.58. The number of halogens is 1. The third-order valence-electron chi connectivity index (χ3n) is 2.44. The van der Waals surface area contributed by atoms with Gasteiger partial charge in [0.25, 0.3) is 0 Å². The maximum absolute atomic E-state index is 3.82. The number of hydrogen-bond acceptors (Lipinski definition) is 0. The van der Waals surface area contributed by atoms with Gasteiger partial charge in [-0.3, -0.25) is 0 Å². The maximum Gasteiger partial charge on any atom is 0.0247 e. The molecule has 3 rings (SSSR count). The Morgan fingerprint density at radius 2 is 1.88 bits per heavy atom. The van der Waals surface area contributed by atoms with Gasteiger partial charge in [-0.15, -0.1) is 6.58 Å². The monoisotopic (exact) mass is 220 g/mol. The topological polar surface area (TPSA) is 0 Å². The van der Waals surface area contributed by atoms with Gasteiger partial charge in [0.2, 0.25) is 0 Å². The first-order valence-electron chi connectivity index (χ1n) is 3.01. The Kier molecular flexibility index (Phi) is 0.759. The maximum atomic E-state index is 3.82. The summed E-state index contributed by atoms with van der Waals surface area (Å²) in [5.74, 6) is 0. The summed E-state index contributed by atoms with van der Waals surface area (Å²) < 4.78 is 0.728. The van der Waals surface area contributed by atoms with E-state index in [1.165, 1.54) is 19.3 Å². The van der Waals surface area contributed by atoms with Crippen molar-refractivity contribution in [1.29, 1.82) is 0 Å². The van der Waals surface area contributed by atoms with E-state index in [-0.39, 0.29) is 0 Å². The van der Waals surface area contributed by atoms with E-state index in [1.54, 1.807) is 0 Å². The summed E-state index contributed by atoms with van der Waals surface area (Å²) in [7, 11) is 0. The Morgan fingerprint density at radius 3 is 2.00 bits per heavy atom. The molecular weight excluding hydrogens is 211 g/mol. The minimum atomic E-state index is 0.626. The summed E-state index contributed by atoms with van der Waals surface area (Å²) in [6.45, 7) is 3.82. The second kappa shape index (κ2) is 1.15. The molecule has 3 aliphatic carbocycles. The van der Waals surface area contributed by atoms with Crippen molar-refractivity contribution in [2.45, 2.75) is 22.7 Å². The fourth-order valence-corrected chi connectivity index (χ4v) is 4.23. The van der Waals surface area contributed by atoms with Crippen LogP contribution in [0.1, 0.15) is 19.3 Å². The van der Waals surface area contributed by atoms with Gasteiger partial charge in [-0.25, -0.2) is 0 Å². The molecule has 0 atom stereocenters. The van der Waals surface area contributed by atoms with Crippen molar-refractivity contribution in [2.75, 3.05) is 0 Å². The van der Waals surface area contributed by atoms with Gasteiger partial charge in [0, 0.05) is 3.42 Å². The molecular formula is C7H9I. The molecule has 3 fully saturated rings. The van der Waals surface area contributed by atoms with Gasteiger partial charge in [-0.05, 0) is 24.7 Å². The average Bonchev–Trinajstić information content (AvgIpc) is 1.55. The molecule has 2 bridgehead atoms. The normalized spacial score (nSPS) is 58.6. The quantitative estimate of drug-likeness (QED) is 0.362. The fourth-order valence-electron chi connectivity index (χ4n) is 1.95. The van der Waals surface area contributed by atoms with E-state index < -0.39 is 0 Å². The summed E-state index contributed by atoms with van der Waals surface area (Å²) in [5, 5.41) is 0. The molecule has 0 radical (unpaired) electrons. The van der Waals surface area contributed by atoms with E-state index in [4.69, 9.17) is 0 Å². The molecule has 0 aromatic rings. The lowest BCUT2D eigenvalue weighted by Crippen LogP contribution is -2.61. The highest BCUT2D eigenvalue weighted by Gasteiger charge is 2.64. The van der Waals surface area contributed by atoms with E-state index in [0.29, 0.717) is 5.41 Å². The van der Waals surface area contributed by atoms with Crippen LogP contribution in [0.25, 0.3) is 0 Å². The highest BCUT2D eigenvalue weighted by molar-refractivity contribution is 14.1. The van der Waals surface area contributed by atoms with Gasteiger partial charge in [0.05, 0.1) is 0 Å². The van der Waals surface area contributed by atoms with Crippen LogP contribution in [0, 0.1) is 5.41 Å². The molecule has 1 heteroatoms. The number of rotatable bonds is 1. The minimum Gasteiger partial charge on any atom is -0.103 e. The lowest BCUT2D eigenvalue weighted by molar-refractivity contribution is -0.0120. The average molecular weight is 220 g/mol. The van der Waals surface area contributed by atoms with Crippen LogP contribution in [0.5, 0.6) is 0 Å². The lowest BCUT2D eigenvalue weighted by atomic mass is 9.44. The largest absolute Gasteiger partial charge is 0.103 e. The van der Waals surface area contributed by atoms with Gasteiger partial charge in [-0.2, -0.15) is 0 Å². The lowest BCUT2D eigenvalue weighted by Gasteiger charge is -2.67. The fraction of sp³-hybridized carbons (Fsp3) is 0.714. The van der Waals surface area contributed by atoms with Gasteiger partial charge in [0.15, 0.2) is 0 Å². The summed E-state index contributed by atoms with van der Waals surface area (Å²) in [4.78, 5) is 0. The van der Waals surface area contributed by atoms with E-state index >= 15 is 0 Å². The molecule has 0 nitrogen and oxygen atoms in total. The molecule has 0 aromatic carbocycles. The number of hydrogen-bond donors (Lipinski definition) is 0. The highest BCUT2D eigenvalue weighted by atomic mass is 127. The third kappa shape index (κ3) is 0.420. The molecule has 0 aromatic heterocycles. The Labute approximate surface area is 63.5 Å². The van der Waals surface area contributed by atoms with Crippen LogP contribution in [-0.2, 0) is 0 Å². The van der Waals surface area contributed by atoms with Crippen molar-refractivity contribution in [1.82, 2.24) is 0 Å². The van der Waals surface area contributed by atoms with Crippen molar-refractivity contribution in [3.63, 3.8) is 0 Å². The first-order valence-corrected chi connectivity index (χ1v) is 4.09. The summed E-state index contributed by atoms with van der Waals surface area (Å²) in [6.07, 6.45) is 6.37. The second-order valence-corrected chi connectivity index (χ2v) is 5.54. The van der Waals surface area contributed by atoms with Crippen LogP contribution in [0.15, 0.2) is 12.7 Å². The van der Waals surface area contributed by atoms with Crippen LogP contribution >= 0.6 is 22.6 Å². The summed E-state index contributed by atoms with van der Waals surface area (Å²) in [6, 6.07) is 0. The van der Waals surface area contributed by atoms with Gasteiger partial charge in [0.1, 0.15) is 0 Å². The molecule has 0 heterocycles. The van der Waals surface area contributed by atoms with Gasteiger partial charge in [-0.1, -0.05) is 28.7 Å². The summed E-state index contributed by atoms with van der Waals surface area (Å²) >= 11 is 2.58. The molecule has 3 aliphatic rings. The van der Waals surface area contributed by atoms with Crippen molar-refractivity contribution in [3.05, 3.63) is 12.7 Å². The zero-order valence-electron chi connectivity index (χ0n) is 4.78. The number of allylic oxidation sites excluding steroid dienone is 1. The van der Waals surface area contributed by atoms with Crippen LogP contribution in [0.2, 0.25) is 0 Å². The SMILES string of the molecule is C=CC12CC(I)(C1)C2. The Morgan fingerprint density at radius 1 is 1.38 bits per heavy atom. The molecule has 0 spiro atoms. The molecule has 44 valence electrons. The standard InChI is InChI=1S/C7H9I/c1-2-6-3-7(8,4-6)5-6/h2H,1,3-5H2.